The Balaban J connectivity index is 2.55. The number of ether oxygens (including phenoxy) is 1. The molecule has 1 aromatic rings. The lowest BCUT2D eigenvalue weighted by Gasteiger charge is -2.06. The van der Waals surface area contributed by atoms with Gasteiger partial charge in [-0.15, -0.1) is 5.73 Å². The molecule has 118 valence electrons. The Labute approximate surface area is 131 Å². The predicted molar refractivity (Wildman–Crippen MR) is 85.9 cm³/mol. The summed E-state index contributed by atoms with van der Waals surface area (Å²) in [4.78, 5) is 11.3. The van der Waals surface area contributed by atoms with Gasteiger partial charge in [-0.3, -0.25) is 0 Å². The third kappa shape index (κ3) is 5.35. The van der Waals surface area contributed by atoms with Gasteiger partial charge in [-0.1, -0.05) is 30.9 Å². The van der Waals surface area contributed by atoms with Gasteiger partial charge in [0.05, 0.1) is 16.9 Å². The number of esters is 1. The molecule has 0 N–H and O–H groups in total. The largest absolute Gasteiger partial charge is 0.466 e. The summed E-state index contributed by atoms with van der Waals surface area (Å²) in [6, 6.07) is 8.26. The van der Waals surface area contributed by atoms with E-state index in [1.807, 2.05) is 0 Å². The van der Waals surface area contributed by atoms with E-state index in [0.717, 1.165) is 6.42 Å². The van der Waals surface area contributed by atoms with Gasteiger partial charge in [0.25, 0.3) is 0 Å². The smallest absolute Gasteiger partial charge is 0.330 e. The number of sulfone groups is 1. The summed E-state index contributed by atoms with van der Waals surface area (Å²) in [5, 5.41) is 0. The van der Waals surface area contributed by atoms with Crippen molar-refractivity contribution in [2.24, 2.45) is 0 Å². The molecule has 0 aliphatic rings. The predicted octanol–water partition coefficient (Wildman–Crippen LogP) is 3.42. The first-order chi connectivity index (χ1) is 10.5. The van der Waals surface area contributed by atoms with Crippen LogP contribution in [0.4, 0.5) is 0 Å². The number of hydrogen-bond acceptors (Lipinski definition) is 4. The average Bonchev–Trinajstić information content (AvgIpc) is 2.54. The van der Waals surface area contributed by atoms with E-state index < -0.39 is 15.8 Å². The molecule has 22 heavy (non-hydrogen) atoms. The summed E-state index contributed by atoms with van der Waals surface area (Å²) in [5.41, 5.74) is 2.55. The Morgan fingerprint density at radius 2 is 1.95 bits per heavy atom. The summed E-state index contributed by atoms with van der Waals surface area (Å²) in [5.74, 6) is -0.390. The van der Waals surface area contributed by atoms with Gasteiger partial charge in [0, 0.05) is 6.08 Å². The highest BCUT2D eigenvalue weighted by Gasteiger charge is 2.19. The minimum absolute atomic E-state index is 0.204. The third-order valence-corrected chi connectivity index (χ3v) is 4.94. The topological polar surface area (TPSA) is 60.4 Å². The molecule has 0 aromatic heterocycles. The van der Waals surface area contributed by atoms with Crippen molar-refractivity contribution in [3.63, 3.8) is 0 Å². The van der Waals surface area contributed by atoms with E-state index in [-0.39, 0.29) is 9.80 Å². The standard InChI is InChI=1S/C17H20O4S/c1-3-15(11-7-4-5-10-14-17(18)21-2)22(19,20)16-12-8-6-9-13-16/h6,8-10,12-14H,1,4-5,7,11H2,2H3/b14-10-. The number of rotatable bonds is 8. The van der Waals surface area contributed by atoms with Gasteiger partial charge >= 0.3 is 5.97 Å². The van der Waals surface area contributed by atoms with Crippen molar-refractivity contribution in [3.05, 3.63) is 59.7 Å². The summed E-state index contributed by atoms with van der Waals surface area (Å²) >= 11 is 0. The second-order valence-electron chi connectivity index (χ2n) is 4.59. The zero-order valence-corrected chi connectivity index (χ0v) is 13.4. The van der Waals surface area contributed by atoms with Gasteiger partial charge in [-0.25, -0.2) is 13.2 Å². The summed E-state index contributed by atoms with van der Waals surface area (Å²) in [6.45, 7) is 3.49. The minimum atomic E-state index is -3.51. The second-order valence-corrected chi connectivity index (χ2v) is 6.56. The van der Waals surface area contributed by atoms with Crippen molar-refractivity contribution in [3.8, 4) is 0 Å². The van der Waals surface area contributed by atoms with E-state index in [4.69, 9.17) is 0 Å². The fraction of sp³-hybridized carbons (Fsp3) is 0.294. The van der Waals surface area contributed by atoms with Gasteiger partial charge in [0.15, 0.2) is 0 Å². The van der Waals surface area contributed by atoms with E-state index in [2.05, 4.69) is 17.0 Å². The molecule has 0 atom stereocenters. The number of carbonyl (C=O) groups excluding carboxylic acids is 1. The molecule has 0 spiro atoms. The van der Waals surface area contributed by atoms with Crippen LogP contribution >= 0.6 is 0 Å². The molecule has 5 heteroatoms. The molecule has 0 fully saturated rings. The normalized spacial score (nSPS) is 11.1. The summed E-state index contributed by atoms with van der Waals surface area (Å²) in [6.07, 6.45) is 5.59. The van der Waals surface area contributed by atoms with Crippen molar-refractivity contribution in [2.75, 3.05) is 7.11 Å². The Morgan fingerprint density at radius 1 is 1.27 bits per heavy atom. The SMILES string of the molecule is C=C=C(CCCC/C=C\C(=O)OC)S(=O)(=O)c1ccccc1. The number of unbranched alkanes of at least 4 members (excludes halogenated alkanes) is 2. The van der Waals surface area contributed by atoms with Crippen LogP contribution in [-0.2, 0) is 19.4 Å². The molecular weight excluding hydrogens is 300 g/mol. The first-order valence-electron chi connectivity index (χ1n) is 6.96. The number of methoxy groups -OCH3 is 1. The van der Waals surface area contributed by atoms with Crippen LogP contribution in [0.1, 0.15) is 25.7 Å². The lowest BCUT2D eigenvalue weighted by molar-refractivity contribution is -0.134. The maximum absolute atomic E-state index is 12.4. The third-order valence-electron chi connectivity index (χ3n) is 3.05. The number of benzene rings is 1. The molecule has 0 saturated heterocycles. The molecular formula is C17H20O4S. The van der Waals surface area contributed by atoms with Crippen molar-refractivity contribution >= 4 is 15.8 Å². The molecule has 0 radical (unpaired) electrons. The van der Waals surface area contributed by atoms with Crippen LogP contribution in [0.2, 0.25) is 0 Å². The van der Waals surface area contributed by atoms with Gasteiger partial charge in [-0.2, -0.15) is 0 Å². The van der Waals surface area contributed by atoms with E-state index in [1.54, 1.807) is 36.4 Å². The maximum atomic E-state index is 12.4. The molecule has 0 bridgehead atoms. The van der Waals surface area contributed by atoms with Crippen LogP contribution in [0.15, 0.2) is 64.6 Å². The van der Waals surface area contributed by atoms with Gasteiger partial charge in [-0.05, 0) is 37.8 Å². The highest BCUT2D eigenvalue weighted by atomic mass is 32.2. The minimum Gasteiger partial charge on any atom is -0.466 e. The van der Waals surface area contributed by atoms with Crippen LogP contribution in [-0.4, -0.2) is 21.5 Å². The molecule has 0 amide bonds. The van der Waals surface area contributed by atoms with Crippen molar-refractivity contribution in [1.29, 1.82) is 0 Å². The van der Waals surface area contributed by atoms with Crippen LogP contribution in [0.3, 0.4) is 0 Å². The molecule has 4 nitrogen and oxygen atoms in total. The highest BCUT2D eigenvalue weighted by molar-refractivity contribution is 7.95. The summed E-state index contributed by atoms with van der Waals surface area (Å²) < 4.78 is 29.3. The maximum Gasteiger partial charge on any atom is 0.330 e. The molecule has 0 saturated carbocycles. The quantitative estimate of drug-likeness (QED) is 0.319. The molecule has 0 aliphatic carbocycles. The summed E-state index contributed by atoms with van der Waals surface area (Å²) in [7, 11) is -2.19. The van der Waals surface area contributed by atoms with Crippen LogP contribution < -0.4 is 0 Å². The van der Waals surface area contributed by atoms with Gasteiger partial charge in [0.1, 0.15) is 0 Å². The van der Waals surface area contributed by atoms with Crippen LogP contribution in [0.25, 0.3) is 0 Å². The lowest BCUT2D eigenvalue weighted by atomic mass is 10.2. The Morgan fingerprint density at radius 3 is 2.55 bits per heavy atom. The van der Waals surface area contributed by atoms with E-state index in [9.17, 15) is 13.2 Å². The van der Waals surface area contributed by atoms with Crippen LogP contribution in [0.5, 0.6) is 0 Å². The number of hydrogen-bond donors (Lipinski definition) is 0. The zero-order chi connectivity index (χ0) is 16.4. The van der Waals surface area contributed by atoms with Crippen molar-refractivity contribution < 1.29 is 17.9 Å². The van der Waals surface area contributed by atoms with Crippen molar-refractivity contribution in [1.82, 2.24) is 0 Å². The first kappa shape index (κ1) is 18.0. The van der Waals surface area contributed by atoms with E-state index in [0.29, 0.717) is 19.3 Å². The van der Waals surface area contributed by atoms with Gasteiger partial charge < -0.3 is 4.74 Å². The highest BCUT2D eigenvalue weighted by Crippen LogP contribution is 2.22. The first-order valence-corrected chi connectivity index (χ1v) is 8.44. The van der Waals surface area contributed by atoms with E-state index >= 15 is 0 Å². The van der Waals surface area contributed by atoms with Crippen LogP contribution in [0, 0.1) is 0 Å². The Hall–Kier alpha value is -2.10. The Bertz CT molecular complexity index is 666. The van der Waals surface area contributed by atoms with E-state index in [1.165, 1.54) is 13.2 Å². The fourth-order valence-electron chi connectivity index (χ4n) is 1.86. The second kappa shape index (κ2) is 9.03. The number of carbonyl (C=O) groups is 1. The molecule has 0 unspecified atom stereocenters. The van der Waals surface area contributed by atoms with Crippen molar-refractivity contribution in [2.45, 2.75) is 30.6 Å². The Kier molecular flexibility index (Phi) is 7.37. The number of allylic oxidation sites excluding steroid dienone is 2. The molecule has 0 heterocycles. The molecule has 1 rings (SSSR count). The average molecular weight is 320 g/mol. The van der Waals surface area contributed by atoms with Gasteiger partial charge in [0.2, 0.25) is 9.84 Å². The lowest BCUT2D eigenvalue weighted by Crippen LogP contribution is -2.04. The molecule has 0 aliphatic heterocycles. The monoisotopic (exact) mass is 320 g/mol. The fourth-order valence-corrected chi connectivity index (χ4v) is 3.26. The molecule has 1 aromatic carbocycles. The zero-order valence-electron chi connectivity index (χ0n) is 12.6.